The highest BCUT2D eigenvalue weighted by atomic mass is 16.6. The van der Waals surface area contributed by atoms with Gasteiger partial charge < -0.3 is 14.2 Å². The molecule has 0 rings (SSSR count). The Morgan fingerprint density at radius 2 is 0.554 bits per heavy atom. The average molecular weight is 914 g/mol. The molecule has 0 aliphatic carbocycles. The van der Waals surface area contributed by atoms with Crippen LogP contribution in [0.3, 0.4) is 0 Å². The van der Waals surface area contributed by atoms with E-state index in [2.05, 4.69) is 57.2 Å². The van der Waals surface area contributed by atoms with E-state index in [0.717, 1.165) is 70.6 Å². The van der Waals surface area contributed by atoms with E-state index < -0.39 is 6.10 Å². The molecule has 65 heavy (non-hydrogen) atoms. The number of allylic oxidation sites excluding steroid dienone is 6. The van der Waals surface area contributed by atoms with Crippen molar-refractivity contribution in [1.29, 1.82) is 0 Å². The number of hydrogen-bond acceptors (Lipinski definition) is 6. The fourth-order valence-electron chi connectivity index (χ4n) is 8.29. The van der Waals surface area contributed by atoms with Crippen LogP contribution < -0.4 is 0 Å². The summed E-state index contributed by atoms with van der Waals surface area (Å²) < 4.78 is 16.9. The maximum Gasteiger partial charge on any atom is 0.306 e. The fraction of sp³-hybridized carbons (Fsp3) is 0.847. The monoisotopic (exact) mass is 913 g/mol. The first-order valence-corrected chi connectivity index (χ1v) is 28.5. The Bertz CT molecular complexity index is 1090. The summed E-state index contributed by atoms with van der Waals surface area (Å²) in [6.07, 6.45) is 64.1. The second-order valence-corrected chi connectivity index (χ2v) is 19.2. The van der Waals surface area contributed by atoms with Gasteiger partial charge in [0, 0.05) is 19.3 Å². The summed E-state index contributed by atoms with van der Waals surface area (Å²) in [6, 6.07) is 0. The summed E-state index contributed by atoms with van der Waals surface area (Å²) >= 11 is 0. The minimum absolute atomic E-state index is 0.0729. The molecule has 0 aromatic carbocycles. The van der Waals surface area contributed by atoms with E-state index in [1.165, 1.54) is 193 Å². The van der Waals surface area contributed by atoms with E-state index in [1.807, 2.05) is 0 Å². The third kappa shape index (κ3) is 52.5. The van der Waals surface area contributed by atoms with Gasteiger partial charge in [-0.25, -0.2) is 0 Å². The topological polar surface area (TPSA) is 78.9 Å². The Kier molecular flexibility index (Phi) is 52.3. The highest BCUT2D eigenvalue weighted by Gasteiger charge is 2.19. The summed E-state index contributed by atoms with van der Waals surface area (Å²) in [5.74, 6) is -0.870. The van der Waals surface area contributed by atoms with E-state index >= 15 is 0 Å². The standard InChI is InChI=1S/C59H108O6/c1-4-7-10-13-16-19-22-25-27-29-31-34-37-40-43-46-49-52-58(61)64-55-56(54-63-57(60)51-48-45-42-39-36-33-24-21-18-15-12-9-6-3)65-59(62)53-50-47-44-41-38-35-32-30-28-26-23-20-17-14-11-8-5-2/h16,19,25-28,56H,4-15,17-18,20-24,29-55H2,1-3H3/b19-16-,27-25-,28-26-/t56-/m1/s1. The SMILES string of the molecule is CCCCC/C=C\C/C=C\CCCCCCCCCC(=O)OC[C@@H](COC(=O)CCCCCCCCCCCCCCC)OC(=O)CCCCCCCCC/C=C\CCCCCCCC. The maximum atomic E-state index is 12.8. The number of esters is 3. The lowest BCUT2D eigenvalue weighted by Crippen LogP contribution is -2.30. The number of carbonyl (C=O) groups excluding carboxylic acids is 3. The highest BCUT2D eigenvalue weighted by molar-refractivity contribution is 5.71. The van der Waals surface area contributed by atoms with Crippen LogP contribution in [0, 0.1) is 0 Å². The molecule has 0 aromatic rings. The van der Waals surface area contributed by atoms with Crippen molar-refractivity contribution in [3.63, 3.8) is 0 Å². The Hall–Kier alpha value is -2.37. The van der Waals surface area contributed by atoms with E-state index in [-0.39, 0.29) is 31.1 Å². The number of rotatable bonds is 52. The van der Waals surface area contributed by atoms with Crippen LogP contribution in [-0.2, 0) is 28.6 Å². The Morgan fingerprint density at radius 3 is 0.892 bits per heavy atom. The summed E-state index contributed by atoms with van der Waals surface area (Å²) in [6.45, 7) is 6.63. The number of unbranched alkanes of at least 4 members (excludes halogenated alkanes) is 35. The summed E-state index contributed by atoms with van der Waals surface area (Å²) in [7, 11) is 0. The summed E-state index contributed by atoms with van der Waals surface area (Å²) in [5.41, 5.74) is 0. The van der Waals surface area contributed by atoms with Gasteiger partial charge in [0.15, 0.2) is 6.10 Å². The van der Waals surface area contributed by atoms with Crippen molar-refractivity contribution in [2.75, 3.05) is 13.2 Å². The molecular formula is C59H108O6. The molecule has 0 saturated heterocycles. The lowest BCUT2D eigenvalue weighted by Gasteiger charge is -2.18. The van der Waals surface area contributed by atoms with Gasteiger partial charge in [-0.3, -0.25) is 14.4 Å². The quantitative estimate of drug-likeness (QED) is 0.0262. The van der Waals surface area contributed by atoms with Crippen molar-refractivity contribution in [1.82, 2.24) is 0 Å². The number of hydrogen-bond donors (Lipinski definition) is 0. The second-order valence-electron chi connectivity index (χ2n) is 19.2. The van der Waals surface area contributed by atoms with Crippen LogP contribution in [0.2, 0.25) is 0 Å². The molecule has 0 heterocycles. The Labute approximate surface area is 404 Å². The van der Waals surface area contributed by atoms with Gasteiger partial charge in [-0.05, 0) is 77.0 Å². The molecule has 0 spiro atoms. The van der Waals surface area contributed by atoms with Crippen LogP contribution in [0.5, 0.6) is 0 Å². The molecule has 0 amide bonds. The average Bonchev–Trinajstić information content (AvgIpc) is 3.30. The Morgan fingerprint density at radius 1 is 0.308 bits per heavy atom. The predicted molar refractivity (Wildman–Crippen MR) is 279 cm³/mol. The molecule has 0 saturated carbocycles. The van der Waals surface area contributed by atoms with Crippen molar-refractivity contribution in [2.24, 2.45) is 0 Å². The minimum Gasteiger partial charge on any atom is -0.462 e. The lowest BCUT2D eigenvalue weighted by atomic mass is 10.0. The minimum atomic E-state index is -0.774. The maximum absolute atomic E-state index is 12.8. The Balaban J connectivity index is 4.36. The second kappa shape index (κ2) is 54.2. The lowest BCUT2D eigenvalue weighted by molar-refractivity contribution is -0.167. The third-order valence-corrected chi connectivity index (χ3v) is 12.6. The van der Waals surface area contributed by atoms with Crippen LogP contribution in [0.15, 0.2) is 36.5 Å². The van der Waals surface area contributed by atoms with Crippen LogP contribution >= 0.6 is 0 Å². The van der Waals surface area contributed by atoms with Crippen LogP contribution in [0.25, 0.3) is 0 Å². The molecular weight excluding hydrogens is 805 g/mol. The molecule has 1 atom stereocenters. The molecule has 0 N–H and O–H groups in total. The summed E-state index contributed by atoms with van der Waals surface area (Å²) in [4.78, 5) is 38.1. The molecule has 0 bridgehead atoms. The molecule has 0 aliphatic rings. The van der Waals surface area contributed by atoms with Gasteiger partial charge in [-0.15, -0.1) is 0 Å². The zero-order chi connectivity index (χ0) is 47.2. The van der Waals surface area contributed by atoms with Gasteiger partial charge in [0.25, 0.3) is 0 Å². The molecule has 6 heteroatoms. The molecule has 380 valence electrons. The zero-order valence-electron chi connectivity index (χ0n) is 43.5. The van der Waals surface area contributed by atoms with Gasteiger partial charge in [0.2, 0.25) is 0 Å². The van der Waals surface area contributed by atoms with Gasteiger partial charge in [-0.1, -0.05) is 243 Å². The normalized spacial score (nSPS) is 12.2. The van der Waals surface area contributed by atoms with Crippen LogP contribution in [-0.4, -0.2) is 37.2 Å². The van der Waals surface area contributed by atoms with E-state index in [4.69, 9.17) is 14.2 Å². The zero-order valence-corrected chi connectivity index (χ0v) is 43.5. The first-order valence-electron chi connectivity index (χ1n) is 28.5. The van der Waals surface area contributed by atoms with Gasteiger partial charge in [-0.2, -0.15) is 0 Å². The van der Waals surface area contributed by atoms with Gasteiger partial charge >= 0.3 is 17.9 Å². The predicted octanol–water partition coefficient (Wildman–Crippen LogP) is 18.9. The van der Waals surface area contributed by atoms with E-state index in [1.54, 1.807) is 0 Å². The van der Waals surface area contributed by atoms with Crippen molar-refractivity contribution < 1.29 is 28.6 Å². The van der Waals surface area contributed by atoms with E-state index in [0.29, 0.717) is 19.3 Å². The third-order valence-electron chi connectivity index (χ3n) is 12.6. The first-order chi connectivity index (χ1) is 32.0. The van der Waals surface area contributed by atoms with Crippen molar-refractivity contribution in [3.8, 4) is 0 Å². The largest absolute Gasteiger partial charge is 0.462 e. The molecule has 0 radical (unpaired) electrons. The van der Waals surface area contributed by atoms with Crippen molar-refractivity contribution >= 4 is 17.9 Å². The smallest absolute Gasteiger partial charge is 0.306 e. The molecule has 0 unspecified atom stereocenters. The number of carbonyl (C=O) groups is 3. The van der Waals surface area contributed by atoms with Crippen molar-refractivity contribution in [2.45, 2.75) is 309 Å². The molecule has 0 aromatic heterocycles. The fourth-order valence-corrected chi connectivity index (χ4v) is 8.29. The van der Waals surface area contributed by atoms with Crippen molar-refractivity contribution in [3.05, 3.63) is 36.5 Å². The van der Waals surface area contributed by atoms with E-state index in [9.17, 15) is 14.4 Å². The van der Waals surface area contributed by atoms with Crippen LogP contribution in [0.1, 0.15) is 303 Å². The summed E-state index contributed by atoms with van der Waals surface area (Å²) in [5, 5.41) is 0. The number of ether oxygens (including phenoxy) is 3. The highest BCUT2D eigenvalue weighted by Crippen LogP contribution is 2.16. The first kappa shape index (κ1) is 62.6. The van der Waals surface area contributed by atoms with Crippen LogP contribution in [0.4, 0.5) is 0 Å². The molecule has 0 aliphatic heterocycles. The van der Waals surface area contributed by atoms with Gasteiger partial charge in [0.1, 0.15) is 13.2 Å². The molecule has 0 fully saturated rings. The van der Waals surface area contributed by atoms with Gasteiger partial charge in [0.05, 0.1) is 0 Å². The molecule has 6 nitrogen and oxygen atoms in total.